The molecule has 0 nitrogen and oxygen atoms in total. The van der Waals surface area contributed by atoms with Gasteiger partial charge in [-0.05, 0) is 41.9 Å². The van der Waals surface area contributed by atoms with Crippen molar-refractivity contribution in [2.75, 3.05) is 0 Å². The van der Waals surface area contributed by atoms with Gasteiger partial charge in [-0.25, -0.2) is 0 Å². The molecule has 84 valence electrons. The van der Waals surface area contributed by atoms with E-state index in [-0.39, 0.29) is 0 Å². The highest BCUT2D eigenvalue weighted by molar-refractivity contribution is 4.87. The molecule has 0 heterocycles. The third kappa shape index (κ3) is 2.15. The number of hydrogen-bond donors (Lipinski definition) is 0. The van der Waals surface area contributed by atoms with E-state index >= 15 is 0 Å². The fourth-order valence-electron chi connectivity index (χ4n) is 3.49. The molecule has 14 heavy (non-hydrogen) atoms. The van der Waals surface area contributed by atoms with Gasteiger partial charge in [0, 0.05) is 0 Å². The lowest BCUT2D eigenvalue weighted by atomic mass is 9.60. The highest BCUT2D eigenvalue weighted by Crippen LogP contribution is 2.45. The van der Waals surface area contributed by atoms with Gasteiger partial charge in [-0.2, -0.15) is 0 Å². The Labute approximate surface area is 90.5 Å². The lowest BCUT2D eigenvalue weighted by molar-refractivity contribution is 0.0408. The van der Waals surface area contributed by atoms with Crippen LogP contribution in [0, 0.1) is 35.5 Å². The van der Waals surface area contributed by atoms with Crippen LogP contribution in [0.25, 0.3) is 0 Å². The molecule has 0 aromatic carbocycles. The summed E-state index contributed by atoms with van der Waals surface area (Å²) in [4.78, 5) is 0. The minimum Gasteiger partial charge on any atom is -0.0651 e. The molecule has 0 radical (unpaired) electrons. The quantitative estimate of drug-likeness (QED) is 0.605. The molecular weight excluding hydrogens is 168 g/mol. The van der Waals surface area contributed by atoms with Crippen molar-refractivity contribution in [3.8, 4) is 0 Å². The van der Waals surface area contributed by atoms with Gasteiger partial charge in [-0.1, -0.05) is 48.0 Å². The second-order valence-electron chi connectivity index (χ2n) is 5.89. The Bertz CT molecular complexity index is 169. The van der Waals surface area contributed by atoms with Crippen molar-refractivity contribution in [3.05, 3.63) is 0 Å². The lowest BCUT2D eigenvalue weighted by Gasteiger charge is -2.45. The maximum absolute atomic E-state index is 2.47. The second-order valence-corrected chi connectivity index (χ2v) is 5.89. The summed E-state index contributed by atoms with van der Waals surface area (Å²) in [5.41, 5.74) is 0. The molecule has 5 unspecified atom stereocenters. The van der Waals surface area contributed by atoms with Gasteiger partial charge < -0.3 is 0 Å². The Morgan fingerprint density at radius 2 is 1.57 bits per heavy atom. The van der Waals surface area contributed by atoms with E-state index in [0.717, 1.165) is 35.5 Å². The van der Waals surface area contributed by atoms with Crippen molar-refractivity contribution in [1.29, 1.82) is 0 Å². The van der Waals surface area contributed by atoms with Crippen LogP contribution >= 0.6 is 0 Å². The van der Waals surface area contributed by atoms with Crippen molar-refractivity contribution in [2.45, 2.75) is 54.4 Å². The van der Waals surface area contributed by atoms with Crippen LogP contribution in [0.15, 0.2) is 0 Å². The van der Waals surface area contributed by atoms with Crippen LogP contribution in [0.2, 0.25) is 0 Å². The Morgan fingerprint density at radius 1 is 1.00 bits per heavy atom. The summed E-state index contributed by atoms with van der Waals surface area (Å²) in [5, 5.41) is 0. The first-order valence-electron chi connectivity index (χ1n) is 6.49. The molecule has 0 bridgehead atoms. The van der Waals surface area contributed by atoms with Crippen LogP contribution < -0.4 is 0 Å². The second kappa shape index (κ2) is 4.68. The van der Waals surface area contributed by atoms with Gasteiger partial charge in [0.25, 0.3) is 0 Å². The van der Waals surface area contributed by atoms with Crippen LogP contribution in [0.5, 0.6) is 0 Å². The molecule has 0 aliphatic heterocycles. The molecule has 0 N–H and O–H groups in total. The first-order chi connectivity index (χ1) is 6.49. The zero-order valence-electron chi connectivity index (χ0n) is 10.9. The molecule has 0 aromatic rings. The topological polar surface area (TPSA) is 0 Å². The van der Waals surface area contributed by atoms with Gasteiger partial charge >= 0.3 is 0 Å². The molecule has 0 saturated heterocycles. The SMILES string of the molecule is CCC1CC(C(C)C)C(C)C(C)C1C. The van der Waals surface area contributed by atoms with E-state index in [2.05, 4.69) is 41.5 Å². The summed E-state index contributed by atoms with van der Waals surface area (Å²) in [5.74, 6) is 5.59. The van der Waals surface area contributed by atoms with E-state index in [0.29, 0.717) is 0 Å². The third-order valence-corrected chi connectivity index (χ3v) is 5.03. The van der Waals surface area contributed by atoms with E-state index in [1.54, 1.807) is 0 Å². The Balaban J connectivity index is 2.73. The van der Waals surface area contributed by atoms with Crippen molar-refractivity contribution in [2.24, 2.45) is 35.5 Å². The minimum atomic E-state index is 0.869. The van der Waals surface area contributed by atoms with Crippen LogP contribution in [-0.4, -0.2) is 0 Å². The molecule has 1 aliphatic carbocycles. The molecule has 0 spiro atoms. The lowest BCUT2D eigenvalue weighted by Crippen LogP contribution is -2.38. The average Bonchev–Trinajstić information content (AvgIpc) is 2.14. The minimum absolute atomic E-state index is 0.869. The molecule has 1 aliphatic rings. The molecule has 5 atom stereocenters. The molecule has 0 aromatic heterocycles. The smallest absolute Gasteiger partial charge is 0.0360 e. The zero-order valence-corrected chi connectivity index (χ0v) is 10.9. The molecule has 1 saturated carbocycles. The van der Waals surface area contributed by atoms with Crippen LogP contribution in [0.4, 0.5) is 0 Å². The molecule has 0 amide bonds. The summed E-state index contributed by atoms with van der Waals surface area (Å²) in [7, 11) is 0. The summed E-state index contributed by atoms with van der Waals surface area (Å²) in [6, 6.07) is 0. The summed E-state index contributed by atoms with van der Waals surface area (Å²) in [6.07, 6.45) is 2.85. The zero-order chi connectivity index (χ0) is 10.9. The van der Waals surface area contributed by atoms with Crippen molar-refractivity contribution < 1.29 is 0 Å². The van der Waals surface area contributed by atoms with E-state index in [9.17, 15) is 0 Å². The first-order valence-corrected chi connectivity index (χ1v) is 6.49. The first kappa shape index (κ1) is 12.1. The normalized spacial score (nSPS) is 44.4. The van der Waals surface area contributed by atoms with Gasteiger partial charge in [0.1, 0.15) is 0 Å². The molecular formula is C14H28. The van der Waals surface area contributed by atoms with Gasteiger partial charge in [0.05, 0.1) is 0 Å². The van der Waals surface area contributed by atoms with Crippen LogP contribution in [-0.2, 0) is 0 Å². The monoisotopic (exact) mass is 196 g/mol. The summed E-state index contributed by atoms with van der Waals surface area (Å²) < 4.78 is 0. The fraction of sp³-hybridized carbons (Fsp3) is 1.00. The fourth-order valence-corrected chi connectivity index (χ4v) is 3.49. The Hall–Kier alpha value is 0. The summed E-state index contributed by atoms with van der Waals surface area (Å²) in [6.45, 7) is 14.6. The van der Waals surface area contributed by atoms with Gasteiger partial charge in [-0.3, -0.25) is 0 Å². The predicted molar refractivity (Wildman–Crippen MR) is 64.2 cm³/mol. The van der Waals surface area contributed by atoms with Crippen molar-refractivity contribution in [3.63, 3.8) is 0 Å². The van der Waals surface area contributed by atoms with Crippen molar-refractivity contribution >= 4 is 0 Å². The molecule has 1 fully saturated rings. The maximum atomic E-state index is 2.47. The van der Waals surface area contributed by atoms with Gasteiger partial charge in [-0.15, -0.1) is 0 Å². The highest BCUT2D eigenvalue weighted by Gasteiger charge is 2.38. The number of hydrogen-bond acceptors (Lipinski definition) is 0. The molecule has 0 heteroatoms. The third-order valence-electron chi connectivity index (χ3n) is 5.03. The standard InChI is InChI=1S/C14H28/c1-7-13-8-14(9(2)3)12(6)10(4)11(13)5/h9-14H,7-8H2,1-6H3. The van der Waals surface area contributed by atoms with Crippen LogP contribution in [0.3, 0.4) is 0 Å². The van der Waals surface area contributed by atoms with Gasteiger partial charge in [0.15, 0.2) is 0 Å². The maximum Gasteiger partial charge on any atom is -0.0360 e. The van der Waals surface area contributed by atoms with E-state index in [1.807, 2.05) is 0 Å². The van der Waals surface area contributed by atoms with E-state index < -0.39 is 0 Å². The summed E-state index contributed by atoms with van der Waals surface area (Å²) >= 11 is 0. The number of rotatable bonds is 2. The Morgan fingerprint density at radius 3 is 2.00 bits per heavy atom. The highest BCUT2D eigenvalue weighted by atomic mass is 14.4. The van der Waals surface area contributed by atoms with E-state index in [4.69, 9.17) is 0 Å². The predicted octanol–water partition coefficient (Wildman–Crippen LogP) is 4.60. The largest absolute Gasteiger partial charge is 0.0651 e. The molecule has 1 rings (SSSR count). The van der Waals surface area contributed by atoms with Gasteiger partial charge in [0.2, 0.25) is 0 Å². The van der Waals surface area contributed by atoms with Crippen molar-refractivity contribution in [1.82, 2.24) is 0 Å². The Kier molecular flexibility index (Phi) is 4.04. The van der Waals surface area contributed by atoms with Crippen LogP contribution in [0.1, 0.15) is 54.4 Å². The average molecular weight is 196 g/mol. The van der Waals surface area contributed by atoms with E-state index in [1.165, 1.54) is 12.8 Å².